The highest BCUT2D eigenvalue weighted by Gasteiger charge is 2.43. The highest BCUT2D eigenvalue weighted by atomic mass is 16.4. The van der Waals surface area contributed by atoms with E-state index in [9.17, 15) is 14.7 Å². The molecule has 3 rings (SSSR count). The van der Waals surface area contributed by atoms with Crippen LogP contribution in [0, 0.1) is 6.92 Å². The number of nitrogens with zero attached hydrogens (tertiary/aromatic N) is 3. The first kappa shape index (κ1) is 17.4. The summed E-state index contributed by atoms with van der Waals surface area (Å²) in [6.07, 6.45) is 5.09. The van der Waals surface area contributed by atoms with Crippen LogP contribution in [0.3, 0.4) is 0 Å². The van der Waals surface area contributed by atoms with Gasteiger partial charge in [-0.25, -0.2) is 14.5 Å². The summed E-state index contributed by atoms with van der Waals surface area (Å²) >= 11 is 0. The minimum atomic E-state index is -1.16. The van der Waals surface area contributed by atoms with Crippen LogP contribution in [-0.4, -0.2) is 37.3 Å². The van der Waals surface area contributed by atoms with E-state index >= 15 is 0 Å². The van der Waals surface area contributed by atoms with Crippen LogP contribution in [0.2, 0.25) is 0 Å². The monoisotopic (exact) mass is 344 g/mol. The van der Waals surface area contributed by atoms with Crippen LogP contribution in [0.25, 0.3) is 11.0 Å². The van der Waals surface area contributed by atoms with Crippen molar-refractivity contribution in [1.82, 2.24) is 20.1 Å². The second-order valence-electron chi connectivity index (χ2n) is 6.94. The van der Waals surface area contributed by atoms with Gasteiger partial charge in [-0.05, 0) is 39.2 Å². The van der Waals surface area contributed by atoms with Crippen LogP contribution in [0.15, 0.2) is 12.3 Å². The van der Waals surface area contributed by atoms with Gasteiger partial charge in [-0.2, -0.15) is 5.10 Å². The molecule has 134 valence electrons. The number of aromatic nitrogens is 3. The number of hydrogen-bond donors (Lipinski definition) is 2. The standard InChI is InChI=1S/C18H24N4O3/c1-4-12(3)22-15-14(10-19-22)13(9-11(2)20-15)16(23)21-18(17(24)25)7-5-6-8-18/h9-10,12H,4-8H2,1-3H3,(H,21,23)(H,24,25). The van der Waals surface area contributed by atoms with Gasteiger partial charge in [0.05, 0.1) is 23.2 Å². The molecule has 1 atom stereocenters. The van der Waals surface area contributed by atoms with Crippen LogP contribution < -0.4 is 5.32 Å². The summed E-state index contributed by atoms with van der Waals surface area (Å²) in [5.74, 6) is -1.33. The first-order valence-corrected chi connectivity index (χ1v) is 8.78. The minimum Gasteiger partial charge on any atom is -0.480 e. The zero-order chi connectivity index (χ0) is 18.2. The van der Waals surface area contributed by atoms with Crippen molar-refractivity contribution in [1.29, 1.82) is 0 Å². The molecule has 0 saturated heterocycles. The van der Waals surface area contributed by atoms with E-state index in [0.29, 0.717) is 35.1 Å². The summed E-state index contributed by atoms with van der Waals surface area (Å²) < 4.78 is 1.82. The third-order valence-corrected chi connectivity index (χ3v) is 5.17. The van der Waals surface area contributed by atoms with Gasteiger partial charge < -0.3 is 10.4 Å². The van der Waals surface area contributed by atoms with Gasteiger partial charge in [-0.1, -0.05) is 19.8 Å². The Bertz CT molecular complexity index is 821. The Morgan fingerprint density at radius 1 is 1.40 bits per heavy atom. The van der Waals surface area contributed by atoms with Gasteiger partial charge in [0.15, 0.2) is 5.65 Å². The highest BCUT2D eigenvalue weighted by Crippen LogP contribution is 2.31. The molecule has 1 fully saturated rings. The van der Waals surface area contributed by atoms with Crippen LogP contribution in [-0.2, 0) is 4.79 Å². The molecule has 1 amide bonds. The maximum Gasteiger partial charge on any atom is 0.329 e. The molecule has 1 saturated carbocycles. The predicted molar refractivity (Wildman–Crippen MR) is 93.6 cm³/mol. The zero-order valence-electron chi connectivity index (χ0n) is 14.9. The van der Waals surface area contributed by atoms with Gasteiger partial charge in [0, 0.05) is 5.69 Å². The van der Waals surface area contributed by atoms with Crippen molar-refractivity contribution in [2.75, 3.05) is 0 Å². The maximum absolute atomic E-state index is 12.9. The summed E-state index contributed by atoms with van der Waals surface area (Å²) in [5, 5.41) is 17.4. The number of nitrogens with one attached hydrogen (secondary N) is 1. The Kier molecular flexibility index (Phi) is 4.49. The van der Waals surface area contributed by atoms with Crippen LogP contribution in [0.5, 0.6) is 0 Å². The molecule has 0 spiro atoms. The maximum atomic E-state index is 12.9. The lowest BCUT2D eigenvalue weighted by Crippen LogP contribution is -2.52. The van der Waals surface area contributed by atoms with Gasteiger partial charge in [0.1, 0.15) is 5.54 Å². The zero-order valence-corrected chi connectivity index (χ0v) is 14.9. The highest BCUT2D eigenvalue weighted by molar-refractivity contribution is 6.07. The molecule has 1 aliphatic carbocycles. The van der Waals surface area contributed by atoms with Crippen molar-refractivity contribution < 1.29 is 14.7 Å². The molecule has 0 radical (unpaired) electrons. The SMILES string of the molecule is CCC(C)n1ncc2c(C(=O)NC3(C(=O)O)CCCC3)cc(C)nc21. The third kappa shape index (κ3) is 2.99. The van der Waals surface area contributed by atoms with E-state index < -0.39 is 11.5 Å². The molecule has 0 aliphatic heterocycles. The van der Waals surface area contributed by atoms with E-state index in [4.69, 9.17) is 0 Å². The lowest BCUT2D eigenvalue weighted by atomic mass is 9.97. The summed E-state index contributed by atoms with van der Waals surface area (Å²) in [4.78, 5) is 29.1. The van der Waals surface area contributed by atoms with Crippen LogP contribution in [0.1, 0.15) is 68.0 Å². The number of carbonyl (C=O) groups excluding carboxylic acids is 1. The summed E-state index contributed by atoms with van der Waals surface area (Å²) in [6, 6.07) is 1.87. The number of rotatable bonds is 5. The van der Waals surface area contributed by atoms with E-state index in [1.54, 1.807) is 12.3 Å². The molecule has 7 nitrogen and oxygen atoms in total. The predicted octanol–water partition coefficient (Wildman–Crippen LogP) is 2.84. The number of carboxylic acid groups (broad SMARTS) is 1. The number of amides is 1. The summed E-state index contributed by atoms with van der Waals surface area (Å²) in [7, 11) is 0. The number of pyridine rings is 1. The Labute approximate surface area is 146 Å². The molecular weight excluding hydrogens is 320 g/mol. The fourth-order valence-electron chi connectivity index (χ4n) is 3.48. The fraction of sp³-hybridized carbons (Fsp3) is 0.556. The Hall–Kier alpha value is -2.44. The lowest BCUT2D eigenvalue weighted by molar-refractivity contribution is -0.144. The fourth-order valence-corrected chi connectivity index (χ4v) is 3.48. The third-order valence-electron chi connectivity index (χ3n) is 5.17. The Balaban J connectivity index is 2.02. The smallest absolute Gasteiger partial charge is 0.329 e. The van der Waals surface area contributed by atoms with E-state index in [-0.39, 0.29) is 11.9 Å². The number of aryl methyl sites for hydroxylation is 1. The number of aliphatic carboxylic acids is 1. The average Bonchev–Trinajstić information content (AvgIpc) is 3.21. The second-order valence-corrected chi connectivity index (χ2v) is 6.94. The molecular formula is C18H24N4O3. The van der Waals surface area contributed by atoms with E-state index in [1.165, 1.54) is 0 Å². The molecule has 2 heterocycles. The molecule has 25 heavy (non-hydrogen) atoms. The largest absolute Gasteiger partial charge is 0.480 e. The number of carbonyl (C=O) groups is 2. The van der Waals surface area contributed by atoms with Crippen LogP contribution in [0.4, 0.5) is 0 Å². The first-order valence-electron chi connectivity index (χ1n) is 8.78. The number of fused-ring (bicyclic) bond motifs is 1. The van der Waals surface area contributed by atoms with E-state index in [1.807, 2.05) is 18.5 Å². The van der Waals surface area contributed by atoms with Gasteiger partial charge in [0.2, 0.25) is 0 Å². The topological polar surface area (TPSA) is 97.1 Å². The molecule has 1 unspecified atom stereocenters. The molecule has 0 bridgehead atoms. The Morgan fingerprint density at radius 3 is 2.68 bits per heavy atom. The average molecular weight is 344 g/mol. The van der Waals surface area contributed by atoms with Crippen molar-refractivity contribution in [2.24, 2.45) is 0 Å². The molecule has 2 aromatic rings. The van der Waals surface area contributed by atoms with Crippen LogP contribution >= 0.6 is 0 Å². The second kappa shape index (κ2) is 6.46. The van der Waals surface area contributed by atoms with Crippen molar-refractivity contribution in [3.8, 4) is 0 Å². The molecule has 1 aliphatic rings. The summed E-state index contributed by atoms with van der Waals surface area (Å²) in [5.41, 5.74) is 0.645. The molecule has 0 aromatic carbocycles. The lowest BCUT2D eigenvalue weighted by Gasteiger charge is -2.25. The van der Waals surface area contributed by atoms with Crippen molar-refractivity contribution >= 4 is 22.9 Å². The van der Waals surface area contributed by atoms with Gasteiger partial charge in [-0.15, -0.1) is 0 Å². The minimum absolute atomic E-state index is 0.169. The number of carboxylic acids is 1. The van der Waals surface area contributed by atoms with Gasteiger partial charge >= 0.3 is 5.97 Å². The van der Waals surface area contributed by atoms with Gasteiger partial charge in [0.25, 0.3) is 5.91 Å². The van der Waals surface area contributed by atoms with E-state index in [2.05, 4.69) is 22.3 Å². The molecule has 2 N–H and O–H groups in total. The molecule has 7 heteroatoms. The van der Waals surface area contributed by atoms with Crippen molar-refractivity contribution in [2.45, 2.75) is 64.5 Å². The van der Waals surface area contributed by atoms with E-state index in [0.717, 1.165) is 19.3 Å². The number of hydrogen-bond acceptors (Lipinski definition) is 4. The summed E-state index contributed by atoms with van der Waals surface area (Å²) in [6.45, 7) is 5.94. The molecule has 2 aromatic heterocycles. The first-order chi connectivity index (χ1) is 11.9. The van der Waals surface area contributed by atoms with Crippen molar-refractivity contribution in [3.05, 3.63) is 23.5 Å². The normalized spacial score (nSPS) is 17.6. The Morgan fingerprint density at radius 2 is 2.08 bits per heavy atom. The van der Waals surface area contributed by atoms with Gasteiger partial charge in [-0.3, -0.25) is 4.79 Å². The quantitative estimate of drug-likeness (QED) is 0.869. The van der Waals surface area contributed by atoms with Crippen molar-refractivity contribution in [3.63, 3.8) is 0 Å².